The largest absolute Gasteiger partial charge is 0.507 e. The van der Waals surface area contributed by atoms with Gasteiger partial charge in [-0.3, -0.25) is 14.6 Å². The molecule has 1 aromatic heterocycles. The first kappa shape index (κ1) is 20.5. The molecule has 1 fully saturated rings. The third kappa shape index (κ3) is 4.00. The van der Waals surface area contributed by atoms with Gasteiger partial charge >= 0.3 is 0 Å². The molecule has 152 valence electrons. The maximum absolute atomic E-state index is 12.9. The lowest BCUT2D eigenvalue weighted by Crippen LogP contribution is -2.31. The Bertz CT molecular complexity index is 939. The number of nitrogens with zero attached hydrogens (tertiary/aromatic N) is 2. The van der Waals surface area contributed by atoms with Gasteiger partial charge in [0.25, 0.3) is 11.7 Å². The number of aromatic nitrogens is 1. The van der Waals surface area contributed by atoms with Crippen LogP contribution in [0.4, 0.5) is 0 Å². The lowest BCUT2D eigenvalue weighted by Gasteiger charge is -2.25. The van der Waals surface area contributed by atoms with E-state index in [9.17, 15) is 14.7 Å². The number of ketones is 1. The molecule has 0 unspecified atom stereocenters. The van der Waals surface area contributed by atoms with Gasteiger partial charge in [-0.25, -0.2) is 0 Å². The second-order valence-corrected chi connectivity index (χ2v) is 6.81. The molecule has 2 aromatic rings. The van der Waals surface area contributed by atoms with Gasteiger partial charge < -0.3 is 19.5 Å². The van der Waals surface area contributed by atoms with Crippen molar-refractivity contribution in [2.24, 2.45) is 0 Å². The Labute approximate surface area is 169 Å². The van der Waals surface area contributed by atoms with Crippen LogP contribution in [0.3, 0.4) is 0 Å². The molecule has 7 heteroatoms. The van der Waals surface area contributed by atoms with E-state index < -0.39 is 17.7 Å². The highest BCUT2D eigenvalue weighted by Crippen LogP contribution is 2.39. The van der Waals surface area contributed by atoms with Crippen molar-refractivity contribution in [3.8, 4) is 5.75 Å². The summed E-state index contributed by atoms with van der Waals surface area (Å²) in [6.07, 6.45) is 3.79. The molecule has 1 aliphatic rings. The summed E-state index contributed by atoms with van der Waals surface area (Å²) >= 11 is 0. The van der Waals surface area contributed by atoms with Crippen molar-refractivity contribution in [2.75, 3.05) is 27.4 Å². The maximum atomic E-state index is 12.9. The van der Waals surface area contributed by atoms with E-state index in [0.29, 0.717) is 36.4 Å². The number of ether oxygens (including phenoxy) is 2. The number of pyridine rings is 1. The third-order valence-corrected chi connectivity index (χ3v) is 4.96. The Morgan fingerprint density at radius 3 is 2.66 bits per heavy atom. The molecule has 3 rings (SSSR count). The number of rotatable bonds is 7. The molecule has 7 nitrogen and oxygen atoms in total. The minimum absolute atomic E-state index is 0.0602. The number of carbonyl (C=O) groups excluding carboxylic acids is 2. The molecule has 0 bridgehead atoms. The zero-order valence-corrected chi connectivity index (χ0v) is 16.7. The van der Waals surface area contributed by atoms with Crippen molar-refractivity contribution in [3.63, 3.8) is 0 Å². The molecule has 1 atom stereocenters. The van der Waals surface area contributed by atoms with Crippen LogP contribution < -0.4 is 4.74 Å². The van der Waals surface area contributed by atoms with E-state index in [1.54, 1.807) is 56.9 Å². The number of aryl methyl sites for hydroxylation is 1. The maximum Gasteiger partial charge on any atom is 0.295 e. The molecule has 29 heavy (non-hydrogen) atoms. The molecular formula is C22H24N2O5. The summed E-state index contributed by atoms with van der Waals surface area (Å²) in [5, 5.41) is 11.0. The fraction of sp³-hybridized carbons (Fsp3) is 0.318. The number of likely N-dealkylation sites (tertiary alicyclic amines) is 1. The van der Waals surface area contributed by atoms with Gasteiger partial charge in [-0.1, -0.05) is 6.07 Å². The fourth-order valence-electron chi connectivity index (χ4n) is 3.56. The van der Waals surface area contributed by atoms with Gasteiger partial charge in [-0.15, -0.1) is 0 Å². The number of Topliss-reactive ketones (excluding diaryl/α,β-unsaturated/α-hetero) is 1. The van der Waals surface area contributed by atoms with E-state index in [1.807, 2.05) is 6.92 Å². The van der Waals surface area contributed by atoms with Crippen LogP contribution in [0.1, 0.15) is 29.2 Å². The number of aliphatic hydroxyl groups is 1. The van der Waals surface area contributed by atoms with Gasteiger partial charge in [-0.05, 0) is 48.7 Å². The first-order valence-corrected chi connectivity index (χ1v) is 9.31. The van der Waals surface area contributed by atoms with Crippen molar-refractivity contribution in [2.45, 2.75) is 19.4 Å². The SMILES string of the molecule is COCCCN1C(=O)C(=O)C(=C(O)c2ccc(OC)c(C)c2)[C@H]1c1cccnc1. The van der Waals surface area contributed by atoms with Crippen molar-refractivity contribution in [3.05, 3.63) is 65.0 Å². The summed E-state index contributed by atoms with van der Waals surface area (Å²) in [6.45, 7) is 2.63. The molecule has 1 N–H and O–H groups in total. The van der Waals surface area contributed by atoms with Crippen LogP contribution in [0, 0.1) is 6.92 Å². The highest BCUT2D eigenvalue weighted by molar-refractivity contribution is 6.46. The summed E-state index contributed by atoms with van der Waals surface area (Å²) in [6, 6.07) is 7.94. The van der Waals surface area contributed by atoms with Gasteiger partial charge in [0.2, 0.25) is 0 Å². The molecule has 1 amide bonds. The number of aliphatic hydroxyl groups excluding tert-OH is 1. The van der Waals surface area contributed by atoms with Crippen LogP contribution in [0.25, 0.3) is 5.76 Å². The summed E-state index contributed by atoms with van der Waals surface area (Å²) in [5.41, 5.74) is 1.98. The Hall–Kier alpha value is -3.19. The topological polar surface area (TPSA) is 89.0 Å². The van der Waals surface area contributed by atoms with E-state index in [2.05, 4.69) is 4.98 Å². The lowest BCUT2D eigenvalue weighted by molar-refractivity contribution is -0.140. The quantitative estimate of drug-likeness (QED) is 0.335. The monoisotopic (exact) mass is 396 g/mol. The second kappa shape index (κ2) is 8.87. The van der Waals surface area contributed by atoms with Gasteiger partial charge in [-0.2, -0.15) is 0 Å². The Balaban J connectivity index is 2.11. The smallest absolute Gasteiger partial charge is 0.295 e. The van der Waals surface area contributed by atoms with E-state index >= 15 is 0 Å². The van der Waals surface area contributed by atoms with Crippen LogP contribution in [0.2, 0.25) is 0 Å². The van der Waals surface area contributed by atoms with Crippen LogP contribution in [0.5, 0.6) is 5.75 Å². The van der Waals surface area contributed by atoms with Crippen LogP contribution in [-0.4, -0.2) is 54.1 Å². The first-order chi connectivity index (χ1) is 14.0. The number of hydrogen-bond acceptors (Lipinski definition) is 6. The number of carbonyl (C=O) groups is 2. The molecule has 0 saturated carbocycles. The van der Waals surface area contributed by atoms with E-state index in [-0.39, 0.29) is 11.3 Å². The predicted molar refractivity (Wildman–Crippen MR) is 107 cm³/mol. The first-order valence-electron chi connectivity index (χ1n) is 9.31. The van der Waals surface area contributed by atoms with Gasteiger partial charge in [0.1, 0.15) is 11.5 Å². The molecule has 0 radical (unpaired) electrons. The number of amides is 1. The number of methoxy groups -OCH3 is 2. The summed E-state index contributed by atoms with van der Waals surface area (Å²) in [4.78, 5) is 31.2. The summed E-state index contributed by atoms with van der Waals surface area (Å²) in [5.74, 6) is -0.883. The van der Waals surface area contributed by atoms with Crippen molar-refractivity contribution < 1.29 is 24.2 Å². The van der Waals surface area contributed by atoms with Gasteiger partial charge in [0.05, 0.1) is 18.7 Å². The van der Waals surface area contributed by atoms with Crippen LogP contribution >= 0.6 is 0 Å². The number of hydrogen-bond donors (Lipinski definition) is 1. The van der Waals surface area contributed by atoms with Gasteiger partial charge in [0, 0.05) is 38.2 Å². The van der Waals surface area contributed by atoms with Crippen LogP contribution in [-0.2, 0) is 14.3 Å². The zero-order chi connectivity index (χ0) is 21.0. The second-order valence-electron chi connectivity index (χ2n) is 6.81. The predicted octanol–water partition coefficient (Wildman–Crippen LogP) is 2.86. The van der Waals surface area contributed by atoms with E-state index in [4.69, 9.17) is 9.47 Å². The summed E-state index contributed by atoms with van der Waals surface area (Å²) < 4.78 is 10.3. The minimum atomic E-state index is -0.706. The fourth-order valence-corrected chi connectivity index (χ4v) is 3.56. The zero-order valence-electron chi connectivity index (χ0n) is 16.7. The Morgan fingerprint density at radius 2 is 2.03 bits per heavy atom. The van der Waals surface area contributed by atoms with E-state index in [1.165, 1.54) is 4.90 Å². The molecule has 2 heterocycles. The highest BCUT2D eigenvalue weighted by Gasteiger charge is 2.45. The molecule has 1 aromatic carbocycles. The van der Waals surface area contributed by atoms with Crippen molar-refractivity contribution >= 4 is 17.4 Å². The molecular weight excluding hydrogens is 372 g/mol. The third-order valence-electron chi connectivity index (χ3n) is 4.96. The molecule has 0 aliphatic carbocycles. The highest BCUT2D eigenvalue weighted by atomic mass is 16.5. The molecule has 1 aliphatic heterocycles. The standard InChI is InChI=1S/C22H24N2O5/c1-14-12-15(7-8-17(14)29-3)20(25)18-19(16-6-4-9-23-13-16)24(10-5-11-28-2)22(27)21(18)26/h4,6-9,12-13,19,25H,5,10-11H2,1-3H3/t19-/m1/s1. The van der Waals surface area contributed by atoms with Crippen LogP contribution in [0.15, 0.2) is 48.3 Å². The summed E-state index contributed by atoms with van der Waals surface area (Å²) in [7, 11) is 3.15. The Kier molecular flexibility index (Phi) is 6.29. The van der Waals surface area contributed by atoms with Crippen molar-refractivity contribution in [1.29, 1.82) is 0 Å². The minimum Gasteiger partial charge on any atom is -0.507 e. The normalized spacial score (nSPS) is 18.3. The number of benzene rings is 1. The molecule has 1 saturated heterocycles. The van der Waals surface area contributed by atoms with Crippen molar-refractivity contribution in [1.82, 2.24) is 9.88 Å². The average molecular weight is 396 g/mol. The molecule has 0 spiro atoms. The average Bonchev–Trinajstić information content (AvgIpc) is 2.99. The van der Waals surface area contributed by atoms with E-state index in [0.717, 1.165) is 5.56 Å². The van der Waals surface area contributed by atoms with Gasteiger partial charge in [0.15, 0.2) is 0 Å². The Morgan fingerprint density at radius 1 is 1.24 bits per heavy atom. The lowest BCUT2D eigenvalue weighted by atomic mass is 9.95.